The summed E-state index contributed by atoms with van der Waals surface area (Å²) in [6.45, 7) is 1.99. The minimum Gasteiger partial charge on any atom is -0.322 e. The molecule has 2 heterocycles. The first kappa shape index (κ1) is 18.9. The van der Waals surface area contributed by atoms with Crippen LogP contribution in [-0.2, 0) is 7.05 Å². The van der Waals surface area contributed by atoms with Gasteiger partial charge >= 0.3 is 0 Å². The average molecular weight is 417 g/mol. The number of benzene rings is 3. The number of anilines is 1. The van der Waals surface area contributed by atoms with Crippen molar-refractivity contribution in [1.82, 2.24) is 20.0 Å². The van der Waals surface area contributed by atoms with E-state index in [2.05, 4.69) is 20.6 Å². The molecular formula is C23H17F2N5O. The van der Waals surface area contributed by atoms with Crippen molar-refractivity contribution in [1.29, 1.82) is 0 Å². The predicted octanol–water partition coefficient (Wildman–Crippen LogP) is 4.96. The highest BCUT2D eigenvalue weighted by Crippen LogP contribution is 2.31. The fourth-order valence-corrected chi connectivity index (χ4v) is 3.76. The molecule has 31 heavy (non-hydrogen) atoms. The van der Waals surface area contributed by atoms with E-state index in [1.807, 2.05) is 31.2 Å². The lowest BCUT2D eigenvalue weighted by Crippen LogP contribution is -2.16. The van der Waals surface area contributed by atoms with Crippen LogP contribution in [0.3, 0.4) is 0 Å². The number of aromatic nitrogens is 4. The third kappa shape index (κ3) is 3.04. The molecule has 0 saturated heterocycles. The smallest absolute Gasteiger partial charge is 0.261 e. The van der Waals surface area contributed by atoms with Crippen molar-refractivity contribution >= 4 is 33.4 Å². The molecule has 0 spiro atoms. The van der Waals surface area contributed by atoms with Crippen molar-refractivity contribution in [2.24, 2.45) is 7.05 Å². The molecule has 0 saturated carbocycles. The molecule has 2 aromatic heterocycles. The van der Waals surface area contributed by atoms with Gasteiger partial charge in [-0.05, 0) is 30.7 Å². The van der Waals surface area contributed by atoms with Crippen molar-refractivity contribution in [2.45, 2.75) is 6.92 Å². The van der Waals surface area contributed by atoms with Crippen LogP contribution in [-0.4, -0.2) is 25.9 Å². The molecule has 2 N–H and O–H groups in total. The summed E-state index contributed by atoms with van der Waals surface area (Å²) in [7, 11) is 1.58. The summed E-state index contributed by atoms with van der Waals surface area (Å²) in [5.41, 5.74) is 3.55. The maximum atomic E-state index is 14.9. The van der Waals surface area contributed by atoms with E-state index in [4.69, 9.17) is 0 Å². The van der Waals surface area contributed by atoms with Gasteiger partial charge < -0.3 is 5.32 Å². The first-order valence-electron chi connectivity index (χ1n) is 9.59. The minimum atomic E-state index is -0.948. The largest absolute Gasteiger partial charge is 0.322 e. The van der Waals surface area contributed by atoms with Gasteiger partial charge in [-0.3, -0.25) is 14.6 Å². The zero-order valence-corrected chi connectivity index (χ0v) is 16.7. The van der Waals surface area contributed by atoms with Gasteiger partial charge in [0, 0.05) is 29.8 Å². The third-order valence-electron chi connectivity index (χ3n) is 5.39. The maximum absolute atomic E-state index is 14.9. The summed E-state index contributed by atoms with van der Waals surface area (Å²) in [5, 5.41) is 14.8. The fraction of sp³-hybridized carbons (Fsp3) is 0.0870. The Balaban J connectivity index is 1.54. The lowest BCUT2D eigenvalue weighted by molar-refractivity contribution is 0.101. The minimum absolute atomic E-state index is 0.0844. The van der Waals surface area contributed by atoms with E-state index < -0.39 is 23.1 Å². The van der Waals surface area contributed by atoms with Crippen molar-refractivity contribution in [3.63, 3.8) is 0 Å². The molecular weight excluding hydrogens is 400 g/mol. The summed E-state index contributed by atoms with van der Waals surface area (Å²) in [6, 6.07) is 14.1. The molecule has 5 aromatic rings. The highest BCUT2D eigenvalue weighted by molar-refractivity contribution is 6.08. The Morgan fingerprint density at radius 2 is 1.90 bits per heavy atom. The molecule has 0 bridgehead atoms. The monoisotopic (exact) mass is 417 g/mol. The Hall–Kier alpha value is -4.07. The number of hydrogen-bond acceptors (Lipinski definition) is 3. The lowest BCUT2D eigenvalue weighted by atomic mass is 10.0. The van der Waals surface area contributed by atoms with E-state index in [9.17, 15) is 13.6 Å². The van der Waals surface area contributed by atoms with Crippen molar-refractivity contribution < 1.29 is 13.6 Å². The summed E-state index contributed by atoms with van der Waals surface area (Å²) in [5.74, 6) is -2.76. The van der Waals surface area contributed by atoms with Gasteiger partial charge in [0.25, 0.3) is 5.91 Å². The van der Waals surface area contributed by atoms with Crippen molar-refractivity contribution in [3.8, 4) is 11.3 Å². The molecule has 0 aliphatic rings. The Labute approximate surface area is 175 Å². The van der Waals surface area contributed by atoms with Crippen LogP contribution in [0.15, 0.2) is 54.7 Å². The summed E-state index contributed by atoms with van der Waals surface area (Å²) < 4.78 is 30.8. The second-order valence-corrected chi connectivity index (χ2v) is 7.35. The Bertz CT molecular complexity index is 1480. The van der Waals surface area contributed by atoms with Crippen LogP contribution < -0.4 is 5.32 Å². The van der Waals surface area contributed by atoms with E-state index in [1.165, 1.54) is 10.9 Å². The standard InChI is InChI=1S/C23H17F2N5O/c1-12-5-3-4-6-14(12)22-15-9-13(7-8-18(15)28-29-22)27-23(31)20-17(24)10-19-16(21(20)25)11-26-30(19)2/h3-11H,1-2H3,(H,27,31)(H,28,29). The molecule has 1 amide bonds. The first-order valence-corrected chi connectivity index (χ1v) is 9.59. The molecule has 0 aliphatic heterocycles. The second kappa shape index (κ2) is 7.02. The van der Waals surface area contributed by atoms with Crippen LogP contribution >= 0.6 is 0 Å². The highest BCUT2D eigenvalue weighted by Gasteiger charge is 2.22. The summed E-state index contributed by atoms with van der Waals surface area (Å²) in [4.78, 5) is 12.7. The number of halogens is 2. The topological polar surface area (TPSA) is 75.6 Å². The van der Waals surface area contributed by atoms with Crippen LogP contribution in [0, 0.1) is 18.6 Å². The van der Waals surface area contributed by atoms with E-state index in [0.717, 1.165) is 33.8 Å². The van der Waals surface area contributed by atoms with Crippen LogP contribution in [0.5, 0.6) is 0 Å². The summed E-state index contributed by atoms with van der Waals surface area (Å²) >= 11 is 0. The van der Waals surface area contributed by atoms with Crippen molar-refractivity contribution in [3.05, 3.63) is 77.5 Å². The number of nitrogens with zero attached hydrogens (tertiary/aromatic N) is 3. The number of carbonyl (C=O) groups excluding carboxylic acids is 1. The van der Waals surface area contributed by atoms with Gasteiger partial charge in [0.05, 0.1) is 22.6 Å². The number of carbonyl (C=O) groups is 1. The number of fused-ring (bicyclic) bond motifs is 2. The van der Waals surface area contributed by atoms with Gasteiger partial charge in [-0.15, -0.1) is 0 Å². The molecule has 5 rings (SSSR count). The van der Waals surface area contributed by atoms with Crippen LogP contribution in [0.2, 0.25) is 0 Å². The Morgan fingerprint density at radius 1 is 1.10 bits per heavy atom. The van der Waals surface area contributed by atoms with Crippen LogP contribution in [0.1, 0.15) is 15.9 Å². The first-order chi connectivity index (χ1) is 14.9. The SMILES string of the molecule is Cc1ccccc1-c1n[nH]c2ccc(NC(=O)c3c(F)cc4c(cnn4C)c3F)cc12. The van der Waals surface area contributed by atoms with Gasteiger partial charge in [0.2, 0.25) is 0 Å². The van der Waals surface area contributed by atoms with Gasteiger partial charge in [0.15, 0.2) is 0 Å². The quantitative estimate of drug-likeness (QED) is 0.436. The van der Waals surface area contributed by atoms with Gasteiger partial charge in [-0.1, -0.05) is 24.3 Å². The number of hydrogen-bond donors (Lipinski definition) is 2. The number of H-pyrrole nitrogens is 1. The Kier molecular flexibility index (Phi) is 4.28. The fourth-order valence-electron chi connectivity index (χ4n) is 3.76. The average Bonchev–Trinajstić information content (AvgIpc) is 3.32. The molecule has 0 aliphatic carbocycles. The highest BCUT2D eigenvalue weighted by atomic mass is 19.1. The molecule has 0 fully saturated rings. The Morgan fingerprint density at radius 3 is 2.71 bits per heavy atom. The molecule has 6 nitrogen and oxygen atoms in total. The van der Waals surface area contributed by atoms with Crippen LogP contribution in [0.4, 0.5) is 14.5 Å². The zero-order valence-electron chi connectivity index (χ0n) is 16.7. The zero-order chi connectivity index (χ0) is 21.7. The number of amides is 1. The predicted molar refractivity (Wildman–Crippen MR) is 115 cm³/mol. The third-order valence-corrected chi connectivity index (χ3v) is 5.39. The van der Waals surface area contributed by atoms with E-state index in [1.54, 1.807) is 25.2 Å². The van der Waals surface area contributed by atoms with Gasteiger partial charge in [0.1, 0.15) is 22.9 Å². The lowest BCUT2D eigenvalue weighted by Gasteiger charge is -2.09. The number of aryl methyl sites for hydroxylation is 2. The molecule has 3 aromatic carbocycles. The molecule has 0 atom stereocenters. The molecule has 0 radical (unpaired) electrons. The van der Waals surface area contributed by atoms with Gasteiger partial charge in [-0.25, -0.2) is 8.78 Å². The van der Waals surface area contributed by atoms with E-state index in [-0.39, 0.29) is 10.9 Å². The van der Waals surface area contributed by atoms with Crippen LogP contribution in [0.25, 0.3) is 33.1 Å². The molecule has 154 valence electrons. The molecule has 0 unspecified atom stereocenters. The molecule has 8 heteroatoms. The second-order valence-electron chi connectivity index (χ2n) is 7.35. The normalized spacial score (nSPS) is 11.4. The number of nitrogens with one attached hydrogen (secondary N) is 2. The number of aromatic amines is 1. The van der Waals surface area contributed by atoms with E-state index >= 15 is 0 Å². The summed E-state index contributed by atoms with van der Waals surface area (Å²) in [6.07, 6.45) is 1.27. The van der Waals surface area contributed by atoms with Crippen molar-refractivity contribution in [2.75, 3.05) is 5.32 Å². The van der Waals surface area contributed by atoms with Gasteiger partial charge in [-0.2, -0.15) is 10.2 Å². The van der Waals surface area contributed by atoms with E-state index in [0.29, 0.717) is 5.69 Å². The number of rotatable bonds is 3. The maximum Gasteiger partial charge on any atom is 0.261 e.